The molecule has 0 atom stereocenters. The molecular formula is C15H19N5O. The number of hydrogen-bond donors (Lipinski definition) is 2. The van der Waals surface area contributed by atoms with Crippen molar-refractivity contribution >= 4 is 24.0 Å². The number of nitrogens with zero attached hydrogens (tertiary/aromatic N) is 3. The molecule has 6 nitrogen and oxygen atoms in total. The highest BCUT2D eigenvalue weighted by molar-refractivity contribution is 5.74. The van der Waals surface area contributed by atoms with Gasteiger partial charge in [0.1, 0.15) is 5.69 Å². The van der Waals surface area contributed by atoms with Crippen LogP contribution in [0.2, 0.25) is 0 Å². The molecule has 0 unspecified atom stereocenters. The molecule has 0 aliphatic heterocycles. The highest BCUT2D eigenvalue weighted by Gasteiger charge is 2.10. The molecule has 0 aliphatic carbocycles. The molecule has 2 aromatic rings. The van der Waals surface area contributed by atoms with E-state index in [9.17, 15) is 0 Å². The molecule has 0 spiro atoms. The van der Waals surface area contributed by atoms with Crippen molar-refractivity contribution in [2.45, 2.75) is 13.3 Å². The minimum atomic E-state index is 0.233. The molecule has 1 heterocycles. The number of aromatic nitrogens is 2. The number of ether oxygens (including phenoxy) is 1. The quantitative estimate of drug-likeness (QED) is 0.796. The monoisotopic (exact) mass is 285 g/mol. The van der Waals surface area contributed by atoms with Crippen molar-refractivity contribution in [1.82, 2.24) is 9.97 Å². The average Bonchev–Trinajstić information content (AvgIpc) is 2.48. The Morgan fingerprint density at radius 2 is 2.00 bits per heavy atom. The second-order valence-electron chi connectivity index (χ2n) is 4.58. The predicted octanol–water partition coefficient (Wildman–Crippen LogP) is 2.36. The van der Waals surface area contributed by atoms with E-state index in [0.717, 1.165) is 6.42 Å². The SMILES string of the molecule is C=Nc1c(N)nc(OCCc2ccc(C)cc2)nc1NC. The van der Waals surface area contributed by atoms with E-state index in [2.05, 4.69) is 58.2 Å². The predicted molar refractivity (Wildman–Crippen MR) is 85.6 cm³/mol. The smallest absolute Gasteiger partial charge is 0.320 e. The van der Waals surface area contributed by atoms with Gasteiger partial charge in [-0.05, 0) is 19.2 Å². The summed E-state index contributed by atoms with van der Waals surface area (Å²) in [6.45, 7) is 5.99. The van der Waals surface area contributed by atoms with Crippen LogP contribution in [0, 0.1) is 6.92 Å². The Balaban J connectivity index is 2.01. The van der Waals surface area contributed by atoms with Crippen LogP contribution < -0.4 is 15.8 Å². The van der Waals surface area contributed by atoms with Crippen molar-refractivity contribution in [1.29, 1.82) is 0 Å². The average molecular weight is 285 g/mol. The summed E-state index contributed by atoms with van der Waals surface area (Å²) in [4.78, 5) is 12.1. The maximum atomic E-state index is 5.80. The summed E-state index contributed by atoms with van der Waals surface area (Å²) in [6, 6.07) is 8.55. The molecule has 0 saturated carbocycles. The van der Waals surface area contributed by atoms with E-state index in [-0.39, 0.29) is 11.8 Å². The van der Waals surface area contributed by atoms with Crippen LogP contribution in [0.25, 0.3) is 0 Å². The number of hydrogen-bond acceptors (Lipinski definition) is 6. The summed E-state index contributed by atoms with van der Waals surface area (Å²) >= 11 is 0. The zero-order chi connectivity index (χ0) is 15.2. The summed E-state index contributed by atoms with van der Waals surface area (Å²) in [5.74, 6) is 0.748. The molecule has 0 aliphatic rings. The molecule has 110 valence electrons. The van der Waals surface area contributed by atoms with Gasteiger partial charge in [-0.15, -0.1) is 0 Å². The van der Waals surface area contributed by atoms with E-state index < -0.39 is 0 Å². The third kappa shape index (κ3) is 3.68. The van der Waals surface area contributed by atoms with Gasteiger partial charge in [0, 0.05) is 13.5 Å². The number of nitrogens with two attached hydrogens (primary N) is 1. The molecule has 3 N–H and O–H groups in total. The normalized spacial score (nSPS) is 10.2. The molecule has 21 heavy (non-hydrogen) atoms. The van der Waals surface area contributed by atoms with Crippen molar-refractivity contribution in [2.75, 3.05) is 24.7 Å². The van der Waals surface area contributed by atoms with Crippen molar-refractivity contribution in [3.05, 3.63) is 35.4 Å². The van der Waals surface area contributed by atoms with Gasteiger partial charge >= 0.3 is 6.01 Å². The van der Waals surface area contributed by atoms with Crippen LogP contribution >= 0.6 is 0 Å². The van der Waals surface area contributed by atoms with Gasteiger partial charge < -0.3 is 15.8 Å². The van der Waals surface area contributed by atoms with Crippen LogP contribution in [-0.2, 0) is 6.42 Å². The fourth-order valence-electron chi connectivity index (χ4n) is 1.86. The molecular weight excluding hydrogens is 266 g/mol. The summed E-state index contributed by atoms with van der Waals surface area (Å²) < 4.78 is 5.56. The highest BCUT2D eigenvalue weighted by atomic mass is 16.5. The maximum Gasteiger partial charge on any atom is 0.320 e. The molecule has 0 bridgehead atoms. The Hall–Kier alpha value is -2.63. The van der Waals surface area contributed by atoms with Gasteiger partial charge in [-0.1, -0.05) is 29.8 Å². The number of nitrogen functional groups attached to an aromatic ring is 1. The van der Waals surface area contributed by atoms with E-state index in [1.165, 1.54) is 11.1 Å². The van der Waals surface area contributed by atoms with Gasteiger partial charge in [0.15, 0.2) is 11.6 Å². The van der Waals surface area contributed by atoms with Crippen LogP contribution in [0.4, 0.5) is 17.3 Å². The van der Waals surface area contributed by atoms with Crippen molar-refractivity contribution in [3.63, 3.8) is 0 Å². The first kappa shape index (κ1) is 14.8. The number of nitrogens with one attached hydrogen (secondary N) is 1. The second-order valence-corrected chi connectivity index (χ2v) is 4.58. The molecule has 1 aromatic heterocycles. The summed E-state index contributed by atoms with van der Waals surface area (Å²) in [5, 5.41) is 2.90. The summed E-state index contributed by atoms with van der Waals surface area (Å²) in [7, 11) is 1.73. The van der Waals surface area contributed by atoms with E-state index in [0.29, 0.717) is 18.1 Å². The minimum absolute atomic E-state index is 0.233. The first-order valence-corrected chi connectivity index (χ1v) is 6.64. The van der Waals surface area contributed by atoms with E-state index in [1.54, 1.807) is 7.05 Å². The summed E-state index contributed by atoms with van der Waals surface area (Å²) in [6.07, 6.45) is 0.778. The van der Waals surface area contributed by atoms with Gasteiger partial charge in [-0.3, -0.25) is 4.99 Å². The lowest BCUT2D eigenvalue weighted by molar-refractivity contribution is 0.297. The van der Waals surface area contributed by atoms with Gasteiger partial charge in [-0.25, -0.2) is 0 Å². The number of rotatable bonds is 6. The largest absolute Gasteiger partial charge is 0.463 e. The van der Waals surface area contributed by atoms with Gasteiger partial charge in [0.25, 0.3) is 0 Å². The van der Waals surface area contributed by atoms with Crippen LogP contribution in [-0.4, -0.2) is 30.3 Å². The lowest BCUT2D eigenvalue weighted by Gasteiger charge is -2.10. The molecule has 0 amide bonds. The fraction of sp³-hybridized carbons (Fsp3) is 0.267. The van der Waals surface area contributed by atoms with E-state index in [4.69, 9.17) is 10.5 Å². The number of aryl methyl sites for hydroxylation is 1. The zero-order valence-electron chi connectivity index (χ0n) is 12.3. The number of benzene rings is 1. The van der Waals surface area contributed by atoms with Crippen molar-refractivity contribution < 1.29 is 4.74 Å². The van der Waals surface area contributed by atoms with Gasteiger partial charge in [-0.2, -0.15) is 9.97 Å². The van der Waals surface area contributed by atoms with E-state index in [1.807, 2.05) is 0 Å². The lowest BCUT2D eigenvalue weighted by Crippen LogP contribution is -2.07. The topological polar surface area (TPSA) is 85.4 Å². The lowest BCUT2D eigenvalue weighted by atomic mass is 10.1. The van der Waals surface area contributed by atoms with Crippen LogP contribution in [0.3, 0.4) is 0 Å². The fourth-order valence-corrected chi connectivity index (χ4v) is 1.86. The Labute approximate surface area is 124 Å². The molecule has 0 fully saturated rings. The number of anilines is 2. The van der Waals surface area contributed by atoms with E-state index >= 15 is 0 Å². The Bertz CT molecular complexity index is 625. The first-order valence-electron chi connectivity index (χ1n) is 6.64. The van der Waals surface area contributed by atoms with Crippen molar-refractivity contribution in [2.24, 2.45) is 4.99 Å². The number of aliphatic imine (C=N–C) groups is 1. The third-order valence-corrected chi connectivity index (χ3v) is 3.03. The Morgan fingerprint density at radius 3 is 2.62 bits per heavy atom. The molecule has 1 aromatic carbocycles. The maximum absolute atomic E-state index is 5.80. The van der Waals surface area contributed by atoms with Gasteiger partial charge in [0.2, 0.25) is 0 Å². The zero-order valence-corrected chi connectivity index (χ0v) is 12.3. The third-order valence-electron chi connectivity index (χ3n) is 3.03. The Morgan fingerprint density at radius 1 is 1.29 bits per heavy atom. The molecule has 2 rings (SSSR count). The standard InChI is InChI=1S/C15H19N5O/c1-10-4-6-11(7-5-10)8-9-21-15-19-13(16)12(17-2)14(18-3)20-15/h4-7H,2,8-9H2,1,3H3,(H3,16,18,19,20). The molecule has 6 heteroatoms. The van der Waals surface area contributed by atoms with Crippen molar-refractivity contribution in [3.8, 4) is 6.01 Å². The van der Waals surface area contributed by atoms with Gasteiger partial charge in [0.05, 0.1) is 6.61 Å². The van der Waals surface area contributed by atoms with Crippen LogP contribution in [0.1, 0.15) is 11.1 Å². The highest BCUT2D eigenvalue weighted by Crippen LogP contribution is 2.29. The van der Waals surface area contributed by atoms with Crippen LogP contribution in [0.15, 0.2) is 29.3 Å². The molecule has 0 saturated heterocycles. The van der Waals surface area contributed by atoms with Crippen LogP contribution in [0.5, 0.6) is 6.01 Å². The second kappa shape index (κ2) is 6.69. The molecule has 0 radical (unpaired) electrons. The first-order chi connectivity index (χ1) is 10.1. The minimum Gasteiger partial charge on any atom is -0.463 e. The summed E-state index contributed by atoms with van der Waals surface area (Å²) in [5.41, 5.74) is 8.68. The Kier molecular flexibility index (Phi) is 4.71.